The molecule has 32 heavy (non-hydrogen) atoms. The van der Waals surface area contributed by atoms with E-state index in [4.69, 9.17) is 0 Å². The zero-order chi connectivity index (χ0) is 23.0. The van der Waals surface area contributed by atoms with E-state index in [1.54, 1.807) is 18.7 Å². The number of nitrogens with one attached hydrogen (secondary N) is 1. The van der Waals surface area contributed by atoms with Gasteiger partial charge in [-0.05, 0) is 25.1 Å². The molecule has 3 aromatic rings. The van der Waals surface area contributed by atoms with E-state index in [2.05, 4.69) is 23.2 Å². The van der Waals surface area contributed by atoms with Crippen LogP contribution in [0, 0.1) is 6.92 Å². The van der Waals surface area contributed by atoms with E-state index < -0.39 is 15.6 Å². The molecule has 1 aromatic carbocycles. The molecule has 2 aromatic heterocycles. The molecular formula is C23H28N4O4S. The van der Waals surface area contributed by atoms with Gasteiger partial charge in [-0.2, -0.15) is 4.31 Å². The number of aromatic nitrogens is 2. The maximum absolute atomic E-state index is 13.1. The standard InChI is InChI=1S/C23H28N4O4S/c1-4-27(5-2)32(30,31)17-7-9-22(28)26(13-17)15-23(29)25-11-10-21-19(14-25)18-12-16(3)6-8-20(18)24-21/h6-9,12-13,24H,4-5,10-11,14-15H2,1-3H3. The van der Waals surface area contributed by atoms with Crippen molar-refractivity contribution in [1.82, 2.24) is 18.8 Å². The minimum Gasteiger partial charge on any atom is -0.358 e. The molecule has 1 aliphatic heterocycles. The number of hydrogen-bond acceptors (Lipinski definition) is 4. The Hall–Kier alpha value is -2.91. The van der Waals surface area contributed by atoms with Crippen molar-refractivity contribution < 1.29 is 13.2 Å². The highest BCUT2D eigenvalue weighted by Gasteiger charge is 2.26. The minimum absolute atomic E-state index is 0.0154. The zero-order valence-electron chi connectivity index (χ0n) is 18.6. The van der Waals surface area contributed by atoms with Crippen LogP contribution in [0.15, 0.2) is 46.2 Å². The van der Waals surface area contributed by atoms with Gasteiger partial charge in [-0.25, -0.2) is 8.42 Å². The van der Waals surface area contributed by atoms with Gasteiger partial charge in [0.15, 0.2) is 0 Å². The molecule has 0 aliphatic carbocycles. The molecular weight excluding hydrogens is 428 g/mol. The molecule has 0 fully saturated rings. The summed E-state index contributed by atoms with van der Waals surface area (Å²) in [6.45, 7) is 7.03. The molecule has 1 N–H and O–H groups in total. The largest absolute Gasteiger partial charge is 0.358 e. The molecule has 0 atom stereocenters. The van der Waals surface area contributed by atoms with Gasteiger partial charge in [-0.3, -0.25) is 9.59 Å². The second-order valence-corrected chi connectivity index (χ2v) is 10.1. The molecule has 3 heterocycles. The number of benzene rings is 1. The highest BCUT2D eigenvalue weighted by Crippen LogP contribution is 2.28. The van der Waals surface area contributed by atoms with Crippen LogP contribution in [0.2, 0.25) is 0 Å². The Morgan fingerprint density at radius 2 is 1.91 bits per heavy atom. The maximum atomic E-state index is 13.1. The summed E-state index contributed by atoms with van der Waals surface area (Å²) in [6.07, 6.45) is 1.98. The second kappa shape index (κ2) is 8.55. The van der Waals surface area contributed by atoms with Gasteiger partial charge in [-0.15, -0.1) is 0 Å². The van der Waals surface area contributed by atoms with Crippen LogP contribution in [0.5, 0.6) is 0 Å². The Labute approximate surface area is 187 Å². The number of amides is 1. The van der Waals surface area contributed by atoms with Crippen LogP contribution in [0.1, 0.15) is 30.7 Å². The zero-order valence-corrected chi connectivity index (χ0v) is 19.4. The monoisotopic (exact) mass is 456 g/mol. The quantitative estimate of drug-likeness (QED) is 0.615. The van der Waals surface area contributed by atoms with Crippen molar-refractivity contribution in [2.75, 3.05) is 19.6 Å². The molecule has 0 spiro atoms. The van der Waals surface area contributed by atoms with Crippen LogP contribution in [0.25, 0.3) is 10.9 Å². The van der Waals surface area contributed by atoms with E-state index in [1.165, 1.54) is 27.2 Å². The van der Waals surface area contributed by atoms with E-state index in [0.717, 1.165) is 27.7 Å². The molecule has 1 aliphatic rings. The maximum Gasteiger partial charge on any atom is 0.251 e. The topological polar surface area (TPSA) is 95.5 Å². The van der Waals surface area contributed by atoms with Crippen molar-refractivity contribution >= 4 is 26.8 Å². The molecule has 9 heteroatoms. The Morgan fingerprint density at radius 3 is 2.62 bits per heavy atom. The number of carbonyl (C=O) groups is 1. The summed E-state index contributed by atoms with van der Waals surface area (Å²) in [4.78, 5) is 30.6. The van der Waals surface area contributed by atoms with Gasteiger partial charge in [0.1, 0.15) is 6.54 Å². The normalized spacial score (nSPS) is 14.2. The minimum atomic E-state index is -3.72. The van der Waals surface area contributed by atoms with Gasteiger partial charge in [-0.1, -0.05) is 25.5 Å². The van der Waals surface area contributed by atoms with Gasteiger partial charge >= 0.3 is 0 Å². The Morgan fingerprint density at radius 1 is 1.16 bits per heavy atom. The number of fused-ring (bicyclic) bond motifs is 3. The summed E-state index contributed by atoms with van der Waals surface area (Å²) in [7, 11) is -3.72. The van der Waals surface area contributed by atoms with Crippen LogP contribution < -0.4 is 5.56 Å². The highest BCUT2D eigenvalue weighted by molar-refractivity contribution is 7.89. The fraction of sp³-hybridized carbons (Fsp3) is 0.391. The van der Waals surface area contributed by atoms with Crippen LogP contribution in [-0.2, 0) is 34.3 Å². The number of aryl methyl sites for hydroxylation is 1. The first-order chi connectivity index (χ1) is 15.2. The van der Waals surface area contributed by atoms with Crippen molar-refractivity contribution in [2.24, 2.45) is 0 Å². The van der Waals surface area contributed by atoms with Crippen LogP contribution >= 0.6 is 0 Å². The molecule has 1 amide bonds. The fourth-order valence-electron chi connectivity index (χ4n) is 4.28. The lowest BCUT2D eigenvalue weighted by molar-refractivity contribution is -0.132. The lowest BCUT2D eigenvalue weighted by atomic mass is 10.0. The van der Waals surface area contributed by atoms with Crippen LogP contribution in [0.3, 0.4) is 0 Å². The number of sulfonamides is 1. The molecule has 0 bridgehead atoms. The third-order valence-corrected chi connectivity index (χ3v) is 8.12. The summed E-state index contributed by atoms with van der Waals surface area (Å²) >= 11 is 0. The third kappa shape index (κ3) is 3.98. The lowest BCUT2D eigenvalue weighted by Crippen LogP contribution is -2.39. The number of pyridine rings is 1. The van der Waals surface area contributed by atoms with Crippen molar-refractivity contribution in [3.63, 3.8) is 0 Å². The van der Waals surface area contributed by atoms with Gasteiger partial charge in [0, 0.05) is 67.0 Å². The van der Waals surface area contributed by atoms with Crippen molar-refractivity contribution in [2.45, 2.75) is 45.2 Å². The lowest BCUT2D eigenvalue weighted by Gasteiger charge is -2.27. The predicted octanol–water partition coefficient (Wildman–Crippen LogP) is 2.25. The molecule has 8 nitrogen and oxygen atoms in total. The summed E-state index contributed by atoms with van der Waals surface area (Å²) in [5, 5.41) is 1.11. The summed E-state index contributed by atoms with van der Waals surface area (Å²) < 4.78 is 28.1. The van der Waals surface area contributed by atoms with Gasteiger partial charge in [0.25, 0.3) is 5.56 Å². The number of rotatable bonds is 6. The van der Waals surface area contributed by atoms with Crippen LogP contribution in [-0.4, -0.2) is 52.7 Å². The van der Waals surface area contributed by atoms with E-state index in [9.17, 15) is 18.0 Å². The van der Waals surface area contributed by atoms with Gasteiger partial charge < -0.3 is 14.5 Å². The molecule has 0 saturated heterocycles. The molecule has 0 radical (unpaired) electrons. The number of carbonyl (C=O) groups excluding carboxylic acids is 1. The summed E-state index contributed by atoms with van der Waals surface area (Å²) in [6, 6.07) is 8.74. The summed E-state index contributed by atoms with van der Waals surface area (Å²) in [5.41, 5.74) is 4.05. The number of nitrogens with zero attached hydrogens (tertiary/aromatic N) is 3. The van der Waals surface area contributed by atoms with Crippen molar-refractivity contribution in [1.29, 1.82) is 0 Å². The Kier molecular flexibility index (Phi) is 5.96. The number of H-pyrrole nitrogens is 1. The van der Waals surface area contributed by atoms with Crippen LogP contribution in [0.4, 0.5) is 0 Å². The second-order valence-electron chi connectivity index (χ2n) is 8.12. The SMILES string of the molecule is CCN(CC)S(=O)(=O)c1ccc(=O)n(CC(=O)N2CCc3[nH]c4ccc(C)cc4c3C2)c1. The highest BCUT2D eigenvalue weighted by atomic mass is 32.2. The third-order valence-electron chi connectivity index (χ3n) is 6.09. The molecule has 0 saturated carbocycles. The first-order valence-corrected chi connectivity index (χ1v) is 12.3. The average Bonchev–Trinajstić information content (AvgIpc) is 3.12. The molecule has 170 valence electrons. The number of aromatic amines is 1. The smallest absolute Gasteiger partial charge is 0.251 e. The van der Waals surface area contributed by atoms with E-state index in [-0.39, 0.29) is 17.3 Å². The Balaban J connectivity index is 1.58. The van der Waals surface area contributed by atoms with Crippen molar-refractivity contribution in [3.05, 3.63) is 63.7 Å². The fourth-order valence-corrected chi connectivity index (χ4v) is 5.76. The summed E-state index contributed by atoms with van der Waals surface area (Å²) in [5.74, 6) is -0.211. The first kappa shape index (κ1) is 22.3. The van der Waals surface area contributed by atoms with E-state index in [1.807, 2.05) is 6.92 Å². The molecule has 4 rings (SSSR count). The van der Waals surface area contributed by atoms with E-state index in [0.29, 0.717) is 32.6 Å². The van der Waals surface area contributed by atoms with Crippen molar-refractivity contribution in [3.8, 4) is 0 Å². The van der Waals surface area contributed by atoms with Gasteiger partial charge in [0.05, 0.1) is 4.90 Å². The van der Waals surface area contributed by atoms with Gasteiger partial charge in [0.2, 0.25) is 15.9 Å². The Bertz CT molecular complexity index is 1340. The number of hydrogen-bond donors (Lipinski definition) is 1. The first-order valence-electron chi connectivity index (χ1n) is 10.8. The average molecular weight is 457 g/mol. The van der Waals surface area contributed by atoms with E-state index >= 15 is 0 Å². The predicted molar refractivity (Wildman–Crippen MR) is 123 cm³/mol. The molecule has 0 unspecified atom stereocenters.